The van der Waals surface area contributed by atoms with Crippen LogP contribution in [0.5, 0.6) is 0 Å². The summed E-state index contributed by atoms with van der Waals surface area (Å²) in [4.78, 5) is 9.14. The van der Waals surface area contributed by atoms with Crippen LogP contribution in [0.3, 0.4) is 0 Å². The van der Waals surface area contributed by atoms with Gasteiger partial charge in [-0.3, -0.25) is 14.0 Å². The van der Waals surface area contributed by atoms with E-state index in [4.69, 9.17) is 4.79 Å². The Kier molecular flexibility index (Phi) is 3.82. The minimum atomic E-state index is 0.354. The van der Waals surface area contributed by atoms with Gasteiger partial charge in [0.05, 0.1) is 0 Å². The number of carbonyl (C=O) groups is 1. The monoisotopic (exact) mass is 91.0 g/mol. The molecule has 0 aromatic heterocycles. The first-order chi connectivity index (χ1) is 2.41. The molecule has 0 aliphatic heterocycles. The van der Waals surface area contributed by atoms with Crippen LogP contribution < -0.4 is 0 Å². The van der Waals surface area contributed by atoms with Gasteiger partial charge in [-0.15, -0.1) is 6.35 Å². The second-order valence-corrected chi connectivity index (χ2v) is 0.641. The predicted molar refractivity (Wildman–Crippen MR) is 21.2 cm³/mol. The number of rotatable bonds is 2. The van der Waals surface area contributed by atoms with E-state index < -0.39 is 0 Å². The van der Waals surface area contributed by atoms with Gasteiger partial charge in [0.15, 0.2) is 0 Å². The Bertz CT molecular complexity index is 28.8. The van der Waals surface area contributed by atoms with E-state index in [1.807, 2.05) is 0 Å². The minimum Gasteiger partial charge on any atom is -0.635 e. The standard InChI is InChI=1S/C2H4O2P/c3-1-4-2-5/h1-2H,5H2/q-1. The van der Waals surface area contributed by atoms with Gasteiger partial charge in [-0.2, -0.15) is 0 Å². The van der Waals surface area contributed by atoms with E-state index in [1.165, 1.54) is 6.35 Å². The lowest BCUT2D eigenvalue weighted by molar-refractivity contribution is -0.124. The maximum Gasteiger partial charge on any atom is 0.261 e. The molecule has 2 nitrogen and oxygen atoms in total. The van der Waals surface area contributed by atoms with Gasteiger partial charge in [0.25, 0.3) is 6.47 Å². The molecule has 0 aromatic carbocycles. The third kappa shape index (κ3) is 3.90. The van der Waals surface area contributed by atoms with E-state index in [2.05, 4.69) is 14.0 Å². The molecule has 0 bridgehead atoms. The molecular formula is C2H4O2P-. The highest BCUT2D eigenvalue weighted by Crippen LogP contribution is 1.84. The Morgan fingerprint density at radius 1 is 2.00 bits per heavy atom. The molecule has 30 valence electrons. The van der Waals surface area contributed by atoms with Crippen molar-refractivity contribution < 1.29 is 9.53 Å². The summed E-state index contributed by atoms with van der Waals surface area (Å²) in [6, 6.07) is 0. The molecule has 0 saturated heterocycles. The molecule has 3 heteroatoms. The molecule has 0 amide bonds. The zero-order valence-corrected chi connectivity index (χ0v) is 3.70. The van der Waals surface area contributed by atoms with Crippen molar-refractivity contribution in [1.82, 2.24) is 0 Å². The quantitative estimate of drug-likeness (QED) is 0.275. The number of carbonyl (C=O) groups excluding carboxylic acids is 1. The molecule has 5 heavy (non-hydrogen) atoms. The third-order valence-corrected chi connectivity index (χ3v) is 0.291. The first kappa shape index (κ1) is 4.90. The normalized spacial score (nSPS) is 6.60. The Labute approximate surface area is 32.7 Å². The summed E-state index contributed by atoms with van der Waals surface area (Å²) in [5, 5.41) is 0. The maximum atomic E-state index is 9.14. The zero-order chi connectivity index (χ0) is 4.12. The van der Waals surface area contributed by atoms with Crippen molar-refractivity contribution in [2.75, 3.05) is 0 Å². The molecular weight excluding hydrogens is 87.0 g/mol. The Hall–Kier alpha value is -0.100. The lowest BCUT2D eigenvalue weighted by Gasteiger charge is -1.96. The van der Waals surface area contributed by atoms with E-state index in [1.54, 1.807) is 0 Å². The summed E-state index contributed by atoms with van der Waals surface area (Å²) in [5.41, 5.74) is 0. The van der Waals surface area contributed by atoms with Crippen LogP contribution in [0.4, 0.5) is 0 Å². The van der Waals surface area contributed by atoms with Crippen molar-refractivity contribution in [3.63, 3.8) is 0 Å². The fourth-order valence-corrected chi connectivity index (χ4v) is 0.0962. The van der Waals surface area contributed by atoms with E-state index in [9.17, 15) is 0 Å². The molecule has 0 radical (unpaired) electrons. The van der Waals surface area contributed by atoms with Crippen LogP contribution in [-0.4, -0.2) is 6.47 Å². The van der Waals surface area contributed by atoms with Gasteiger partial charge >= 0.3 is 0 Å². The average Bonchev–Trinajstić information content (AvgIpc) is 1.41. The van der Waals surface area contributed by atoms with Gasteiger partial charge in [-0.25, -0.2) is 0 Å². The van der Waals surface area contributed by atoms with Gasteiger partial charge in [-0.05, 0) is 0 Å². The molecule has 0 N–H and O–H groups in total. The predicted octanol–water partition coefficient (Wildman–Crippen LogP) is 0.154. The number of hydrogen-bond acceptors (Lipinski definition) is 2. The first-order valence-electron chi connectivity index (χ1n) is 1.04. The fourth-order valence-electron chi connectivity index (χ4n) is 0.0321. The first-order valence-corrected chi connectivity index (χ1v) is 1.71. The van der Waals surface area contributed by atoms with Gasteiger partial charge < -0.3 is 4.74 Å². The van der Waals surface area contributed by atoms with Crippen molar-refractivity contribution in [3.8, 4) is 0 Å². The zero-order valence-electron chi connectivity index (χ0n) is 2.55. The molecule has 1 atom stereocenters. The van der Waals surface area contributed by atoms with Crippen molar-refractivity contribution >= 4 is 15.7 Å². The van der Waals surface area contributed by atoms with Crippen LogP contribution in [-0.2, 0) is 9.53 Å². The number of hydrogen-bond donors (Lipinski definition) is 0. The van der Waals surface area contributed by atoms with Crippen molar-refractivity contribution in [1.29, 1.82) is 0 Å². The SMILES string of the molecule is O=CO[CH-]P. The van der Waals surface area contributed by atoms with Crippen LogP contribution in [0.15, 0.2) is 0 Å². The lowest BCUT2D eigenvalue weighted by atomic mass is 11.5. The largest absolute Gasteiger partial charge is 0.635 e. The second kappa shape index (κ2) is 3.90. The van der Waals surface area contributed by atoms with E-state index in [0.29, 0.717) is 6.47 Å². The molecule has 0 aliphatic rings. The second-order valence-electron chi connectivity index (χ2n) is 0.368. The summed E-state index contributed by atoms with van der Waals surface area (Å²) in [6.07, 6.45) is 1.23. The summed E-state index contributed by atoms with van der Waals surface area (Å²) >= 11 is 0. The average molecular weight is 91.0 g/mol. The van der Waals surface area contributed by atoms with Gasteiger partial charge in [0, 0.05) is 0 Å². The summed E-state index contributed by atoms with van der Waals surface area (Å²) in [5.74, 6) is 0. The molecule has 1 unspecified atom stereocenters. The van der Waals surface area contributed by atoms with Crippen molar-refractivity contribution in [2.45, 2.75) is 0 Å². The lowest BCUT2D eigenvalue weighted by Crippen LogP contribution is -1.70. The van der Waals surface area contributed by atoms with Gasteiger partial charge in [0.2, 0.25) is 0 Å². The van der Waals surface area contributed by atoms with Crippen LogP contribution in [0.1, 0.15) is 0 Å². The summed E-state index contributed by atoms with van der Waals surface area (Å²) in [6.45, 7) is 0.354. The molecule has 0 rings (SSSR count). The highest BCUT2D eigenvalue weighted by molar-refractivity contribution is 7.19. The Morgan fingerprint density at radius 3 is 2.60 bits per heavy atom. The highest BCUT2D eigenvalue weighted by atomic mass is 31.0. The maximum absolute atomic E-state index is 9.14. The molecule has 0 aliphatic carbocycles. The Morgan fingerprint density at radius 2 is 2.60 bits per heavy atom. The topological polar surface area (TPSA) is 26.3 Å². The van der Waals surface area contributed by atoms with Crippen LogP contribution in [0.25, 0.3) is 0 Å². The van der Waals surface area contributed by atoms with Crippen molar-refractivity contribution in [3.05, 3.63) is 6.35 Å². The molecule has 0 saturated carbocycles. The molecule has 0 fully saturated rings. The van der Waals surface area contributed by atoms with E-state index in [-0.39, 0.29) is 0 Å². The number of ether oxygens (including phenoxy) is 1. The Balaban J connectivity index is 2.40. The van der Waals surface area contributed by atoms with Gasteiger partial charge in [0.1, 0.15) is 0 Å². The minimum absolute atomic E-state index is 0.354. The van der Waals surface area contributed by atoms with Gasteiger partial charge in [-0.1, -0.05) is 0 Å². The molecule has 0 spiro atoms. The van der Waals surface area contributed by atoms with Crippen LogP contribution in [0, 0.1) is 6.35 Å². The van der Waals surface area contributed by atoms with Crippen LogP contribution >= 0.6 is 9.24 Å². The van der Waals surface area contributed by atoms with E-state index >= 15 is 0 Å². The third-order valence-electron chi connectivity index (χ3n) is 0.134. The highest BCUT2D eigenvalue weighted by Gasteiger charge is 1.46. The summed E-state index contributed by atoms with van der Waals surface area (Å²) in [7, 11) is 2.12. The smallest absolute Gasteiger partial charge is 0.261 e. The summed E-state index contributed by atoms with van der Waals surface area (Å²) < 4.78 is 3.99. The fraction of sp³-hybridized carbons (Fsp3) is 0. The van der Waals surface area contributed by atoms with Crippen molar-refractivity contribution in [2.24, 2.45) is 0 Å². The molecule has 0 heterocycles. The van der Waals surface area contributed by atoms with Crippen LogP contribution in [0.2, 0.25) is 0 Å². The van der Waals surface area contributed by atoms with E-state index in [0.717, 1.165) is 0 Å². The molecule has 0 aromatic rings.